The summed E-state index contributed by atoms with van der Waals surface area (Å²) >= 11 is 3.42. The maximum Gasteiger partial charge on any atom is 0.0991 e. The van der Waals surface area contributed by atoms with Crippen LogP contribution in [0.25, 0.3) is 0 Å². The Morgan fingerprint density at radius 2 is 2.31 bits per heavy atom. The Bertz CT molecular complexity index is 339. The minimum atomic E-state index is 0.116. The zero-order valence-corrected chi connectivity index (χ0v) is 9.01. The van der Waals surface area contributed by atoms with Crippen LogP contribution in [0.4, 0.5) is 0 Å². The summed E-state index contributed by atoms with van der Waals surface area (Å²) in [5, 5.41) is 8.69. The second-order valence-electron chi connectivity index (χ2n) is 3.10. The third kappa shape index (κ3) is 2.83. The highest BCUT2D eigenvalue weighted by atomic mass is 79.9. The topological polar surface area (TPSA) is 49.8 Å². The molecule has 0 saturated heterocycles. The average Bonchev–Trinajstić information content (AvgIpc) is 2.08. The first-order valence-electron chi connectivity index (χ1n) is 4.07. The number of hydrogen-bond acceptors (Lipinski definition) is 2. The molecule has 0 unspecified atom stereocenters. The van der Waals surface area contributed by atoms with E-state index in [4.69, 9.17) is 11.0 Å². The van der Waals surface area contributed by atoms with Crippen molar-refractivity contribution in [3.05, 3.63) is 33.8 Å². The minimum absolute atomic E-state index is 0.116. The van der Waals surface area contributed by atoms with Crippen molar-refractivity contribution < 1.29 is 0 Å². The van der Waals surface area contributed by atoms with Crippen molar-refractivity contribution in [3.8, 4) is 6.07 Å². The Morgan fingerprint density at radius 1 is 1.62 bits per heavy atom. The lowest BCUT2D eigenvalue weighted by atomic mass is 10.1. The number of nitriles is 1. The van der Waals surface area contributed by atoms with E-state index in [0.29, 0.717) is 5.56 Å². The number of nitrogens with zero attached hydrogens (tertiary/aromatic N) is 1. The molecule has 1 atom stereocenters. The molecule has 0 aliphatic rings. The Balaban J connectivity index is 2.99. The molecular weight excluding hydrogens is 228 g/mol. The van der Waals surface area contributed by atoms with Crippen molar-refractivity contribution in [1.82, 2.24) is 0 Å². The van der Waals surface area contributed by atoms with Crippen LogP contribution in [0.2, 0.25) is 0 Å². The minimum Gasteiger partial charge on any atom is -0.328 e. The molecule has 0 aromatic heterocycles. The van der Waals surface area contributed by atoms with Gasteiger partial charge in [-0.15, -0.1) is 0 Å². The molecule has 0 amide bonds. The van der Waals surface area contributed by atoms with Crippen LogP contribution >= 0.6 is 15.9 Å². The fourth-order valence-corrected chi connectivity index (χ4v) is 1.56. The Hall–Kier alpha value is -0.850. The van der Waals surface area contributed by atoms with Crippen molar-refractivity contribution in [2.24, 2.45) is 5.73 Å². The first-order valence-corrected chi connectivity index (χ1v) is 4.87. The molecule has 0 spiro atoms. The second kappa shape index (κ2) is 4.40. The van der Waals surface area contributed by atoms with Gasteiger partial charge < -0.3 is 5.73 Å². The first kappa shape index (κ1) is 10.2. The van der Waals surface area contributed by atoms with Crippen LogP contribution in [-0.2, 0) is 6.42 Å². The summed E-state index contributed by atoms with van der Waals surface area (Å²) in [4.78, 5) is 0. The molecular formula is C10H11BrN2. The van der Waals surface area contributed by atoms with Crippen LogP contribution in [0.1, 0.15) is 18.1 Å². The summed E-state index contributed by atoms with van der Waals surface area (Å²) < 4.78 is 1.02. The van der Waals surface area contributed by atoms with Gasteiger partial charge in [0.2, 0.25) is 0 Å². The Labute approximate surface area is 86.5 Å². The molecule has 0 fully saturated rings. The number of hydrogen-bond donors (Lipinski definition) is 1. The average molecular weight is 239 g/mol. The smallest absolute Gasteiger partial charge is 0.0991 e. The van der Waals surface area contributed by atoms with Crippen molar-refractivity contribution in [2.45, 2.75) is 19.4 Å². The lowest BCUT2D eigenvalue weighted by molar-refractivity contribution is 0.736. The van der Waals surface area contributed by atoms with Crippen LogP contribution in [-0.4, -0.2) is 6.04 Å². The predicted molar refractivity (Wildman–Crippen MR) is 56.2 cm³/mol. The van der Waals surface area contributed by atoms with Crippen LogP contribution in [0, 0.1) is 11.3 Å². The van der Waals surface area contributed by atoms with Crippen molar-refractivity contribution in [2.75, 3.05) is 0 Å². The zero-order valence-electron chi connectivity index (χ0n) is 7.42. The van der Waals surface area contributed by atoms with E-state index in [1.807, 2.05) is 19.1 Å². The van der Waals surface area contributed by atoms with Gasteiger partial charge in [0.05, 0.1) is 11.6 Å². The van der Waals surface area contributed by atoms with Gasteiger partial charge in [-0.3, -0.25) is 0 Å². The fraction of sp³-hybridized carbons (Fsp3) is 0.300. The van der Waals surface area contributed by atoms with Gasteiger partial charge in [-0.05, 0) is 37.1 Å². The highest BCUT2D eigenvalue weighted by molar-refractivity contribution is 9.10. The summed E-state index contributed by atoms with van der Waals surface area (Å²) in [7, 11) is 0. The second-order valence-corrected chi connectivity index (χ2v) is 3.95. The van der Waals surface area contributed by atoms with Crippen molar-refractivity contribution >= 4 is 15.9 Å². The fourth-order valence-electron chi connectivity index (χ4n) is 1.15. The quantitative estimate of drug-likeness (QED) is 0.860. The summed E-state index contributed by atoms with van der Waals surface area (Å²) in [5.41, 5.74) is 7.45. The van der Waals surface area contributed by atoms with Gasteiger partial charge in [0.1, 0.15) is 0 Å². The number of halogens is 1. The summed E-state index contributed by atoms with van der Waals surface area (Å²) in [5.74, 6) is 0. The molecule has 2 N–H and O–H groups in total. The molecule has 0 aliphatic heterocycles. The highest BCUT2D eigenvalue weighted by Gasteiger charge is 2.03. The molecule has 68 valence electrons. The third-order valence-corrected chi connectivity index (χ3v) is 2.49. The van der Waals surface area contributed by atoms with E-state index in [2.05, 4.69) is 22.0 Å². The van der Waals surface area contributed by atoms with Gasteiger partial charge in [0, 0.05) is 10.5 Å². The van der Waals surface area contributed by atoms with Crippen LogP contribution in [0.15, 0.2) is 22.7 Å². The predicted octanol–water partition coefficient (Wildman–Crippen LogP) is 2.21. The van der Waals surface area contributed by atoms with E-state index in [0.717, 1.165) is 16.5 Å². The number of benzene rings is 1. The van der Waals surface area contributed by atoms with E-state index in [1.54, 1.807) is 6.07 Å². The summed E-state index contributed by atoms with van der Waals surface area (Å²) in [6.07, 6.45) is 0.788. The van der Waals surface area contributed by atoms with Crippen molar-refractivity contribution in [3.63, 3.8) is 0 Å². The molecule has 1 rings (SSSR count). The van der Waals surface area contributed by atoms with Gasteiger partial charge in [-0.25, -0.2) is 0 Å². The number of nitrogens with two attached hydrogens (primary N) is 1. The van der Waals surface area contributed by atoms with Gasteiger partial charge in [0.15, 0.2) is 0 Å². The van der Waals surface area contributed by atoms with Crippen LogP contribution in [0.5, 0.6) is 0 Å². The molecule has 0 aliphatic carbocycles. The molecule has 0 heterocycles. The third-order valence-electron chi connectivity index (χ3n) is 1.72. The van der Waals surface area contributed by atoms with E-state index in [9.17, 15) is 0 Å². The maximum atomic E-state index is 8.69. The molecule has 0 radical (unpaired) electrons. The summed E-state index contributed by atoms with van der Waals surface area (Å²) in [6.45, 7) is 1.95. The normalized spacial score (nSPS) is 12.2. The number of rotatable bonds is 2. The Morgan fingerprint density at radius 3 is 2.85 bits per heavy atom. The largest absolute Gasteiger partial charge is 0.328 e. The van der Waals surface area contributed by atoms with E-state index >= 15 is 0 Å². The first-order chi connectivity index (χ1) is 6.13. The Kier molecular flexibility index (Phi) is 3.47. The van der Waals surface area contributed by atoms with Crippen molar-refractivity contribution in [1.29, 1.82) is 5.26 Å². The molecule has 1 aromatic carbocycles. The SMILES string of the molecule is C[C@@H](N)Cc1cc(C#N)ccc1Br. The maximum absolute atomic E-state index is 8.69. The molecule has 13 heavy (non-hydrogen) atoms. The lowest BCUT2D eigenvalue weighted by Gasteiger charge is -2.07. The van der Waals surface area contributed by atoms with Gasteiger partial charge in [-0.1, -0.05) is 15.9 Å². The monoisotopic (exact) mass is 238 g/mol. The van der Waals surface area contributed by atoms with Crippen LogP contribution in [0.3, 0.4) is 0 Å². The molecule has 2 nitrogen and oxygen atoms in total. The standard InChI is InChI=1S/C10H11BrN2/c1-7(13)4-9-5-8(6-12)2-3-10(9)11/h2-3,5,7H,4,13H2,1H3/t7-/m1/s1. The zero-order chi connectivity index (χ0) is 9.84. The van der Waals surface area contributed by atoms with Gasteiger partial charge >= 0.3 is 0 Å². The van der Waals surface area contributed by atoms with E-state index in [1.165, 1.54) is 0 Å². The highest BCUT2D eigenvalue weighted by Crippen LogP contribution is 2.19. The molecule has 0 bridgehead atoms. The lowest BCUT2D eigenvalue weighted by Crippen LogP contribution is -2.18. The van der Waals surface area contributed by atoms with E-state index < -0.39 is 0 Å². The molecule has 3 heteroatoms. The molecule has 1 aromatic rings. The van der Waals surface area contributed by atoms with Gasteiger partial charge in [-0.2, -0.15) is 5.26 Å². The summed E-state index contributed by atoms with van der Waals surface area (Å²) in [6, 6.07) is 7.76. The molecule has 0 saturated carbocycles. The van der Waals surface area contributed by atoms with Gasteiger partial charge in [0.25, 0.3) is 0 Å². The van der Waals surface area contributed by atoms with Crippen LogP contribution < -0.4 is 5.73 Å². The van der Waals surface area contributed by atoms with E-state index in [-0.39, 0.29) is 6.04 Å².